The Balaban J connectivity index is 0. The second-order valence-corrected chi connectivity index (χ2v) is 1.41. The van der Waals surface area contributed by atoms with Crippen LogP contribution in [0.4, 0.5) is 4.79 Å². The van der Waals surface area contributed by atoms with E-state index in [1.54, 1.807) is 0 Å². The maximum atomic E-state index is 10.2. The average molecular weight is 153 g/mol. The van der Waals surface area contributed by atoms with Gasteiger partial charge in [-0.1, -0.05) is 12.0 Å². The Hall–Kier alpha value is 0.0300. The molecule has 0 saturated heterocycles. The molecule has 0 aliphatic heterocycles. The minimum Gasteiger partial charge on any atom is -0.273 e. The molecule has 0 aromatic carbocycles. The predicted octanol–water partition coefficient (Wildman–Crippen LogP) is 0.0511. The van der Waals surface area contributed by atoms with Gasteiger partial charge in [-0.2, -0.15) is 5.11 Å². The zero-order chi connectivity index (χ0) is 7.11. The van der Waals surface area contributed by atoms with Crippen LogP contribution >= 0.6 is 0 Å². The fraction of sp³-hybridized carbons (Fsp3) is 0.750. The first-order valence-corrected chi connectivity index (χ1v) is 2.69. The molecule has 0 unspecified atom stereocenters. The Kier molecular flexibility index (Phi) is 11.5. The van der Waals surface area contributed by atoms with Crippen molar-refractivity contribution in [1.29, 1.82) is 0 Å². The molecular weight excluding hydrogens is 143 g/mol. The molecule has 0 saturated carbocycles. The monoisotopic (exact) mass is 153 g/mol. The largest absolute Gasteiger partial charge is 0.373 e. The average Bonchev–Trinajstić information content (AvgIpc) is 1.89. The Morgan fingerprint density at radius 1 is 1.70 bits per heavy atom. The number of azo groups is 1. The summed E-state index contributed by atoms with van der Waals surface area (Å²) in [5.41, 5.74) is 1.82. The summed E-state index contributed by atoms with van der Waals surface area (Å²) in [6.07, 6.45) is 0.876. The van der Waals surface area contributed by atoms with Gasteiger partial charge in [0.1, 0.15) is 0 Å². The maximum Gasteiger partial charge on any atom is 0.373 e. The summed E-state index contributed by atoms with van der Waals surface area (Å²) in [5, 5.41) is 6.68. The van der Waals surface area contributed by atoms with E-state index in [2.05, 4.69) is 10.2 Å². The minimum absolute atomic E-state index is 0. The zero-order valence-corrected chi connectivity index (χ0v) is 8.29. The number of nitrogens with two attached hydrogens (primary N) is 1. The van der Waals surface area contributed by atoms with Crippen LogP contribution in [-0.4, -0.2) is 42.1 Å². The van der Waals surface area contributed by atoms with Crippen LogP contribution in [0.1, 0.15) is 13.3 Å². The summed E-state index contributed by atoms with van der Waals surface area (Å²) >= 11 is 0. The van der Waals surface area contributed by atoms with Crippen LogP contribution in [0.15, 0.2) is 10.2 Å². The number of hydrazine groups is 1. The standard InChI is InChI=1S/C4H10N4O.Na/c1-2-3-6-8-4(9)7-5;/h2-3,5H2,1H3,(H,7,9);. The molecular formula is C4H10N4NaO. The van der Waals surface area contributed by atoms with Crippen LogP contribution in [0.5, 0.6) is 0 Å². The van der Waals surface area contributed by atoms with Gasteiger partial charge in [-0.05, 0) is 6.42 Å². The van der Waals surface area contributed by atoms with Gasteiger partial charge in [0.05, 0.1) is 6.54 Å². The molecule has 53 valence electrons. The first-order chi connectivity index (χ1) is 4.31. The van der Waals surface area contributed by atoms with Gasteiger partial charge in [-0.3, -0.25) is 5.43 Å². The quantitative estimate of drug-likeness (QED) is 0.193. The molecule has 0 atom stereocenters. The van der Waals surface area contributed by atoms with Crippen molar-refractivity contribution in [2.45, 2.75) is 13.3 Å². The number of nitrogens with zero attached hydrogens (tertiary/aromatic N) is 2. The molecule has 0 aromatic heterocycles. The van der Waals surface area contributed by atoms with Crippen molar-refractivity contribution in [2.24, 2.45) is 16.1 Å². The second kappa shape index (κ2) is 9.03. The van der Waals surface area contributed by atoms with Crippen LogP contribution in [0.25, 0.3) is 0 Å². The number of rotatable bonds is 2. The molecule has 5 nitrogen and oxygen atoms in total. The first kappa shape index (κ1) is 12.7. The third kappa shape index (κ3) is 8.03. The zero-order valence-electron chi connectivity index (χ0n) is 6.29. The van der Waals surface area contributed by atoms with Crippen molar-refractivity contribution in [1.82, 2.24) is 5.43 Å². The number of carbonyl (C=O) groups excluding carboxylic acids is 1. The van der Waals surface area contributed by atoms with Gasteiger partial charge in [0.15, 0.2) is 0 Å². The van der Waals surface area contributed by atoms with Gasteiger partial charge in [0.2, 0.25) is 0 Å². The minimum atomic E-state index is -0.608. The van der Waals surface area contributed by atoms with E-state index < -0.39 is 6.03 Å². The molecule has 0 aliphatic carbocycles. The Bertz CT molecular complexity index is 116. The van der Waals surface area contributed by atoms with Crippen molar-refractivity contribution in [3.8, 4) is 0 Å². The summed E-state index contributed by atoms with van der Waals surface area (Å²) in [6.45, 7) is 2.51. The summed E-state index contributed by atoms with van der Waals surface area (Å²) < 4.78 is 0. The van der Waals surface area contributed by atoms with E-state index in [4.69, 9.17) is 5.84 Å². The van der Waals surface area contributed by atoms with E-state index >= 15 is 0 Å². The molecule has 0 fully saturated rings. The Morgan fingerprint density at radius 3 is 2.70 bits per heavy atom. The normalized spacial score (nSPS) is 9.00. The fourth-order valence-electron chi connectivity index (χ4n) is 0.243. The number of hydrogen-bond donors (Lipinski definition) is 2. The third-order valence-corrected chi connectivity index (χ3v) is 0.609. The van der Waals surface area contributed by atoms with E-state index in [-0.39, 0.29) is 29.6 Å². The third-order valence-electron chi connectivity index (χ3n) is 0.609. The molecule has 0 rings (SSSR count). The summed E-state index contributed by atoms with van der Waals surface area (Å²) in [4.78, 5) is 10.2. The number of urea groups is 1. The van der Waals surface area contributed by atoms with Crippen LogP contribution in [0, 0.1) is 0 Å². The molecule has 1 radical (unpaired) electrons. The van der Waals surface area contributed by atoms with Crippen LogP contribution < -0.4 is 11.3 Å². The molecule has 0 heterocycles. The van der Waals surface area contributed by atoms with Gasteiger partial charge in [0.25, 0.3) is 0 Å². The van der Waals surface area contributed by atoms with Gasteiger partial charge in [0, 0.05) is 29.6 Å². The molecule has 10 heavy (non-hydrogen) atoms. The van der Waals surface area contributed by atoms with Crippen molar-refractivity contribution < 1.29 is 4.79 Å². The number of amides is 2. The Morgan fingerprint density at radius 2 is 2.30 bits per heavy atom. The number of nitrogens with one attached hydrogen (secondary N) is 1. The maximum absolute atomic E-state index is 10.2. The number of hydrogen-bond acceptors (Lipinski definition) is 3. The summed E-state index contributed by atoms with van der Waals surface area (Å²) in [5.74, 6) is 4.70. The van der Waals surface area contributed by atoms with Gasteiger partial charge in [-0.25, -0.2) is 10.6 Å². The van der Waals surface area contributed by atoms with Crippen molar-refractivity contribution in [3.63, 3.8) is 0 Å². The number of carbonyl (C=O) groups is 1. The first-order valence-electron chi connectivity index (χ1n) is 2.69. The smallest absolute Gasteiger partial charge is 0.273 e. The molecule has 0 aliphatic rings. The van der Waals surface area contributed by atoms with Crippen molar-refractivity contribution in [3.05, 3.63) is 0 Å². The predicted molar refractivity (Wildman–Crippen MR) is 38.5 cm³/mol. The molecule has 3 N–H and O–H groups in total. The molecule has 0 spiro atoms. The fourth-order valence-corrected chi connectivity index (χ4v) is 0.243. The van der Waals surface area contributed by atoms with E-state index in [1.165, 1.54) is 0 Å². The molecule has 0 aromatic rings. The van der Waals surface area contributed by atoms with E-state index in [1.807, 2.05) is 12.3 Å². The summed E-state index contributed by atoms with van der Waals surface area (Å²) in [7, 11) is 0. The molecule has 6 heteroatoms. The summed E-state index contributed by atoms with van der Waals surface area (Å²) in [6, 6.07) is -0.608. The van der Waals surface area contributed by atoms with Gasteiger partial charge < -0.3 is 0 Å². The van der Waals surface area contributed by atoms with Crippen LogP contribution in [0.2, 0.25) is 0 Å². The van der Waals surface area contributed by atoms with E-state index in [9.17, 15) is 4.79 Å². The molecule has 2 amide bonds. The van der Waals surface area contributed by atoms with E-state index in [0.717, 1.165) is 6.42 Å². The van der Waals surface area contributed by atoms with Crippen molar-refractivity contribution in [2.75, 3.05) is 6.54 Å². The van der Waals surface area contributed by atoms with Gasteiger partial charge >= 0.3 is 6.03 Å². The van der Waals surface area contributed by atoms with E-state index in [0.29, 0.717) is 6.54 Å². The van der Waals surface area contributed by atoms with Crippen LogP contribution in [-0.2, 0) is 0 Å². The Labute approximate surface area is 81.7 Å². The molecule has 0 bridgehead atoms. The van der Waals surface area contributed by atoms with Gasteiger partial charge in [-0.15, -0.1) is 0 Å². The second-order valence-electron chi connectivity index (χ2n) is 1.41. The topological polar surface area (TPSA) is 79.8 Å². The van der Waals surface area contributed by atoms with Crippen LogP contribution in [0.3, 0.4) is 0 Å². The van der Waals surface area contributed by atoms with Crippen molar-refractivity contribution >= 4 is 35.6 Å². The SMILES string of the molecule is CCCN=NC(=O)NN.[Na].